The highest BCUT2D eigenvalue weighted by Crippen LogP contribution is 2.47. The van der Waals surface area contributed by atoms with E-state index in [4.69, 9.17) is 11.6 Å². The molecular formula is C21H20ClFN6O2. The number of hydrogen-bond donors (Lipinski definition) is 3. The normalized spacial score (nSPS) is 16.1. The van der Waals surface area contributed by atoms with Crippen molar-refractivity contribution in [3.05, 3.63) is 41.2 Å². The maximum atomic E-state index is 15.2. The van der Waals surface area contributed by atoms with E-state index in [1.165, 1.54) is 31.7 Å². The van der Waals surface area contributed by atoms with E-state index in [0.29, 0.717) is 40.0 Å². The molecule has 3 heterocycles. The molecule has 0 radical (unpaired) electrons. The molecule has 4 aromatic rings. The fourth-order valence-electron chi connectivity index (χ4n) is 3.47. The van der Waals surface area contributed by atoms with E-state index in [9.17, 15) is 9.90 Å². The zero-order valence-corrected chi connectivity index (χ0v) is 17.2. The van der Waals surface area contributed by atoms with Crippen molar-refractivity contribution >= 4 is 40.4 Å². The minimum absolute atomic E-state index is 0.0343. The van der Waals surface area contributed by atoms with Crippen molar-refractivity contribution < 1.29 is 14.3 Å². The first-order valence-corrected chi connectivity index (χ1v) is 10.5. The number of H-pyrrole nitrogens is 1. The molecule has 0 spiro atoms. The van der Waals surface area contributed by atoms with Crippen molar-refractivity contribution in [3.8, 4) is 11.3 Å². The molecule has 1 atom stereocenters. The van der Waals surface area contributed by atoms with Crippen molar-refractivity contribution in [2.45, 2.75) is 38.2 Å². The maximum Gasteiger partial charge on any atom is 0.212 e. The second-order valence-electron chi connectivity index (χ2n) is 7.84. The van der Waals surface area contributed by atoms with Gasteiger partial charge in [0, 0.05) is 22.7 Å². The topological polar surface area (TPSA) is 108 Å². The zero-order chi connectivity index (χ0) is 21.5. The number of aromatic amines is 1. The van der Waals surface area contributed by atoms with Crippen molar-refractivity contribution in [1.82, 2.24) is 24.6 Å². The summed E-state index contributed by atoms with van der Waals surface area (Å²) in [5.41, 5.74) is 1.84. The van der Waals surface area contributed by atoms with Crippen molar-refractivity contribution in [1.29, 1.82) is 0 Å². The second-order valence-corrected chi connectivity index (χ2v) is 8.22. The number of nitrogens with one attached hydrogen (secondary N) is 2. The van der Waals surface area contributed by atoms with Crippen LogP contribution in [0, 0.1) is 11.7 Å². The lowest BCUT2D eigenvalue weighted by molar-refractivity contribution is -0.105. The number of aliphatic hydroxyl groups excluding tert-OH is 1. The molecule has 10 heteroatoms. The van der Waals surface area contributed by atoms with E-state index in [0.717, 1.165) is 12.8 Å². The van der Waals surface area contributed by atoms with Crippen LogP contribution in [0.25, 0.3) is 27.8 Å². The van der Waals surface area contributed by atoms with Gasteiger partial charge in [-0.3, -0.25) is 14.9 Å². The maximum absolute atomic E-state index is 15.2. The van der Waals surface area contributed by atoms with Gasteiger partial charge in [-0.05, 0) is 18.8 Å². The number of nitrogens with zero attached hydrogens (tertiary/aromatic N) is 4. The average molecular weight is 443 g/mol. The number of halogens is 2. The summed E-state index contributed by atoms with van der Waals surface area (Å²) in [6.07, 6.45) is 12.1. The van der Waals surface area contributed by atoms with Crippen molar-refractivity contribution in [2.75, 3.05) is 5.32 Å². The lowest BCUT2D eigenvalue weighted by atomic mass is 9.97. The Balaban J connectivity index is 0.000000628. The quantitative estimate of drug-likeness (QED) is 0.400. The van der Waals surface area contributed by atoms with Gasteiger partial charge in [-0.25, -0.2) is 9.37 Å². The van der Waals surface area contributed by atoms with E-state index in [1.54, 1.807) is 16.8 Å². The highest BCUT2D eigenvalue weighted by molar-refractivity contribution is 6.35. The number of carbonyl (C=O) groups excluding carboxylic acids is 1. The molecule has 3 N–H and O–H groups in total. The van der Waals surface area contributed by atoms with Gasteiger partial charge in [-0.1, -0.05) is 30.9 Å². The first kappa shape index (κ1) is 19.9. The van der Waals surface area contributed by atoms with E-state index in [1.807, 2.05) is 0 Å². The van der Waals surface area contributed by atoms with Gasteiger partial charge >= 0.3 is 0 Å². The minimum Gasteiger partial charge on any atom is -0.388 e. The molecule has 2 fully saturated rings. The smallest absolute Gasteiger partial charge is 0.212 e. The van der Waals surface area contributed by atoms with Gasteiger partial charge in [-0.2, -0.15) is 5.10 Å². The molecule has 8 nitrogen and oxygen atoms in total. The van der Waals surface area contributed by atoms with Gasteiger partial charge in [0.2, 0.25) is 6.41 Å². The molecule has 2 aliphatic rings. The third-order valence-electron chi connectivity index (χ3n) is 5.35. The molecule has 31 heavy (non-hydrogen) atoms. The number of rotatable bonds is 5. The predicted molar refractivity (Wildman–Crippen MR) is 114 cm³/mol. The number of imidazole rings is 1. The van der Waals surface area contributed by atoms with Gasteiger partial charge in [0.1, 0.15) is 5.82 Å². The monoisotopic (exact) mass is 442 g/mol. The molecule has 160 valence electrons. The van der Waals surface area contributed by atoms with E-state index < -0.39 is 11.9 Å². The summed E-state index contributed by atoms with van der Waals surface area (Å²) < 4.78 is 16.8. The number of fused-ring (bicyclic) bond motifs is 2. The van der Waals surface area contributed by atoms with Gasteiger partial charge in [0.05, 0.1) is 40.9 Å². The summed E-state index contributed by atoms with van der Waals surface area (Å²) in [6, 6.07) is 0. The van der Waals surface area contributed by atoms with Crippen LogP contribution in [0.2, 0.25) is 5.02 Å². The van der Waals surface area contributed by atoms with Crippen LogP contribution in [-0.4, -0.2) is 36.1 Å². The summed E-state index contributed by atoms with van der Waals surface area (Å²) in [4.78, 5) is 19.2. The lowest BCUT2D eigenvalue weighted by Crippen LogP contribution is -2.06. The number of benzene rings is 1. The number of hydrogen-bond acceptors (Lipinski definition) is 5. The summed E-state index contributed by atoms with van der Waals surface area (Å²) >= 11 is 6.39. The number of amides is 1. The first-order chi connectivity index (χ1) is 15.1. The summed E-state index contributed by atoms with van der Waals surface area (Å²) in [6.45, 7) is 0. The third kappa shape index (κ3) is 3.75. The van der Waals surface area contributed by atoms with Crippen LogP contribution in [-0.2, 0) is 4.79 Å². The van der Waals surface area contributed by atoms with E-state index >= 15 is 4.39 Å². The summed E-state index contributed by atoms with van der Waals surface area (Å²) in [7, 11) is 0. The van der Waals surface area contributed by atoms with Gasteiger partial charge in [-0.15, -0.1) is 0 Å². The molecular weight excluding hydrogens is 423 g/mol. The van der Waals surface area contributed by atoms with Crippen LogP contribution in [0.15, 0.2) is 24.8 Å². The third-order valence-corrected chi connectivity index (χ3v) is 5.70. The first-order valence-electron chi connectivity index (χ1n) is 10.2. The van der Waals surface area contributed by atoms with Gasteiger partial charge in [0.25, 0.3) is 0 Å². The summed E-state index contributed by atoms with van der Waals surface area (Å²) in [5, 5.41) is 20.3. The number of aliphatic hydroxyl groups is 1. The lowest BCUT2D eigenvalue weighted by Gasteiger charge is -2.16. The van der Waals surface area contributed by atoms with Gasteiger partial charge < -0.3 is 14.8 Å². The van der Waals surface area contributed by atoms with E-state index in [-0.39, 0.29) is 16.5 Å². The fourth-order valence-corrected chi connectivity index (χ4v) is 3.77. The predicted octanol–water partition coefficient (Wildman–Crippen LogP) is 4.25. The molecule has 1 aromatic carbocycles. The Morgan fingerprint density at radius 3 is 2.74 bits per heavy atom. The molecule has 2 saturated carbocycles. The number of anilines is 1. The van der Waals surface area contributed by atoms with Crippen LogP contribution in [0.3, 0.4) is 0 Å². The Morgan fingerprint density at radius 1 is 1.29 bits per heavy atom. The molecule has 0 bridgehead atoms. The number of carbonyl (C=O) groups is 1. The molecule has 1 amide bonds. The molecule has 1 unspecified atom stereocenters. The minimum atomic E-state index is -0.935. The van der Waals surface area contributed by atoms with E-state index in [2.05, 4.69) is 25.5 Å². The molecule has 6 rings (SSSR count). The fraction of sp³-hybridized carbons (Fsp3) is 0.333. The van der Waals surface area contributed by atoms with Crippen molar-refractivity contribution in [3.63, 3.8) is 0 Å². The van der Waals surface area contributed by atoms with Crippen molar-refractivity contribution in [2.24, 2.45) is 5.92 Å². The van der Waals surface area contributed by atoms with Gasteiger partial charge in [0.15, 0.2) is 11.5 Å². The largest absolute Gasteiger partial charge is 0.388 e. The average Bonchev–Trinajstić information content (AvgIpc) is 3.69. The zero-order valence-electron chi connectivity index (χ0n) is 16.5. The van der Waals surface area contributed by atoms with Crippen LogP contribution in [0.5, 0.6) is 0 Å². The molecule has 0 saturated heterocycles. The molecule has 0 aliphatic heterocycles. The SMILES string of the molecule is C1CC1.O=CNc1cn2cc(-c3c(Cl)c(F)c(C(O)C4CC4)c4[nH]ncc34)ncc2n1. The highest BCUT2D eigenvalue weighted by Gasteiger charge is 2.36. The number of aromatic nitrogens is 5. The van der Waals surface area contributed by atoms with Crippen LogP contribution in [0.1, 0.15) is 43.8 Å². The Morgan fingerprint density at radius 2 is 2.06 bits per heavy atom. The Bertz CT molecular complexity index is 1280. The van der Waals surface area contributed by atoms with Crippen LogP contribution >= 0.6 is 11.6 Å². The van der Waals surface area contributed by atoms with Crippen LogP contribution < -0.4 is 5.32 Å². The highest BCUT2D eigenvalue weighted by atomic mass is 35.5. The standard InChI is InChI=1S/C18H14ClFN6O2.C3H6/c19-15-13(10-5-26-6-11(22-7-27)24-12(26)4-21-10)9-3-23-25-17(9)14(16(15)20)18(28)8-1-2-8;1-2-3-1/h3-8,18,28H,1-2H2,(H,22,27)(H,23,25);1-3H2. The Hall–Kier alpha value is -3.04. The Kier molecular flexibility index (Phi) is 5.07. The Labute approximate surface area is 181 Å². The molecule has 2 aliphatic carbocycles. The van der Waals surface area contributed by atoms with Crippen LogP contribution in [0.4, 0.5) is 10.2 Å². The molecule has 3 aromatic heterocycles. The summed E-state index contributed by atoms with van der Waals surface area (Å²) in [5.74, 6) is -0.279. The second kappa shape index (κ2) is 7.90.